The van der Waals surface area contributed by atoms with Crippen molar-refractivity contribution in [2.75, 3.05) is 25.6 Å². The molecular weight excluding hydrogens is 364 g/mol. The first kappa shape index (κ1) is 24.2. The van der Waals surface area contributed by atoms with Crippen LogP contribution in [0.15, 0.2) is 0 Å². The molecule has 0 aromatic carbocycles. The van der Waals surface area contributed by atoms with E-state index in [0.717, 1.165) is 31.7 Å². The fourth-order valence-electron chi connectivity index (χ4n) is 4.40. The van der Waals surface area contributed by atoms with Gasteiger partial charge in [0.2, 0.25) is 0 Å². The second-order valence-electron chi connectivity index (χ2n) is 7.50. The van der Waals surface area contributed by atoms with Crippen LogP contribution in [0.1, 0.15) is 79.1 Å². The maximum atomic E-state index is 12.3. The van der Waals surface area contributed by atoms with Crippen molar-refractivity contribution in [1.29, 1.82) is 0 Å². The molecule has 0 amide bonds. The number of hydrogen-bond donors (Lipinski definition) is 1. The summed E-state index contributed by atoms with van der Waals surface area (Å²) in [7, 11) is -2.62. The summed E-state index contributed by atoms with van der Waals surface area (Å²) < 4.78 is 18.2. The number of carbonyl (C=O) groups is 1. The Kier molecular flexibility index (Phi) is 11.7. The summed E-state index contributed by atoms with van der Waals surface area (Å²) in [5.41, 5.74) is 0.223. The number of ketones is 1. The number of Topliss-reactive ketones (excluding diaryl/α,β-unsaturated/α-hetero) is 1. The molecule has 0 N–H and O–H groups in total. The van der Waals surface area contributed by atoms with Crippen molar-refractivity contribution in [2.24, 2.45) is 11.3 Å². The van der Waals surface area contributed by atoms with Crippen molar-refractivity contribution in [1.82, 2.24) is 0 Å². The highest BCUT2D eigenvalue weighted by Crippen LogP contribution is 2.48. The molecule has 0 heterocycles. The Hall–Kier alpha value is 0.117. The molecule has 0 saturated heterocycles. The standard InChI is InChI=1S/C20H40O4SSi/c1-5-9-12-20(13-10-11-18(16-20)19(21)17-25)14-15-26(22-6-2,23-7-3)24-8-4/h18,25H,5-17H2,1-4H3. The SMILES string of the molecule is CCCCC1(CC[Si](OCC)(OCC)OCC)CCCC(C(=O)CS)C1. The van der Waals surface area contributed by atoms with E-state index in [-0.39, 0.29) is 11.3 Å². The normalized spacial score (nSPS) is 24.0. The van der Waals surface area contributed by atoms with Gasteiger partial charge in [0.1, 0.15) is 5.78 Å². The molecular formula is C20H40O4SSi. The van der Waals surface area contributed by atoms with Crippen LogP contribution >= 0.6 is 12.6 Å². The van der Waals surface area contributed by atoms with Crippen LogP contribution in [0.5, 0.6) is 0 Å². The molecule has 2 unspecified atom stereocenters. The van der Waals surface area contributed by atoms with E-state index >= 15 is 0 Å². The number of thiol groups is 1. The first-order valence-corrected chi connectivity index (χ1v) is 13.1. The van der Waals surface area contributed by atoms with E-state index in [0.29, 0.717) is 31.4 Å². The first-order valence-electron chi connectivity index (χ1n) is 10.6. The fraction of sp³-hybridized carbons (Fsp3) is 0.950. The first-order chi connectivity index (χ1) is 12.5. The largest absolute Gasteiger partial charge is 0.500 e. The van der Waals surface area contributed by atoms with E-state index in [4.69, 9.17) is 13.3 Å². The lowest BCUT2D eigenvalue weighted by Crippen LogP contribution is -2.47. The Balaban J connectivity index is 2.91. The molecule has 26 heavy (non-hydrogen) atoms. The zero-order valence-electron chi connectivity index (χ0n) is 17.3. The van der Waals surface area contributed by atoms with Gasteiger partial charge in [0.25, 0.3) is 0 Å². The van der Waals surface area contributed by atoms with Crippen LogP contribution in [-0.4, -0.2) is 40.2 Å². The molecule has 2 atom stereocenters. The van der Waals surface area contributed by atoms with Gasteiger partial charge >= 0.3 is 8.80 Å². The third-order valence-corrected chi connectivity index (χ3v) is 9.02. The number of hydrogen-bond acceptors (Lipinski definition) is 5. The summed E-state index contributed by atoms with van der Waals surface area (Å²) >= 11 is 4.23. The van der Waals surface area contributed by atoms with Gasteiger partial charge < -0.3 is 13.3 Å². The van der Waals surface area contributed by atoms with E-state index in [1.54, 1.807) is 0 Å². The Labute approximate surface area is 167 Å². The van der Waals surface area contributed by atoms with Gasteiger partial charge in [-0.1, -0.05) is 26.2 Å². The minimum Gasteiger partial charge on any atom is -0.374 e. The number of unbranched alkanes of at least 4 members (excludes halogenated alkanes) is 1. The van der Waals surface area contributed by atoms with Gasteiger partial charge in [-0.05, 0) is 58.3 Å². The predicted octanol–water partition coefficient (Wildman–Crippen LogP) is 5.29. The van der Waals surface area contributed by atoms with Gasteiger partial charge in [-0.25, -0.2) is 0 Å². The topological polar surface area (TPSA) is 44.8 Å². The van der Waals surface area contributed by atoms with Crippen LogP contribution in [0.4, 0.5) is 0 Å². The van der Waals surface area contributed by atoms with Crippen LogP contribution < -0.4 is 0 Å². The molecule has 0 aromatic rings. The quantitative estimate of drug-likeness (QED) is 0.315. The smallest absolute Gasteiger partial charge is 0.374 e. The van der Waals surface area contributed by atoms with E-state index in [1.165, 1.54) is 25.7 Å². The molecule has 0 aromatic heterocycles. The average Bonchev–Trinajstić information content (AvgIpc) is 2.65. The van der Waals surface area contributed by atoms with Gasteiger partial charge in [0.05, 0.1) is 0 Å². The molecule has 1 rings (SSSR count). The van der Waals surface area contributed by atoms with Gasteiger partial charge in [-0.2, -0.15) is 12.6 Å². The lowest BCUT2D eigenvalue weighted by molar-refractivity contribution is -0.122. The lowest BCUT2D eigenvalue weighted by Gasteiger charge is -2.42. The lowest BCUT2D eigenvalue weighted by atomic mass is 9.65. The maximum Gasteiger partial charge on any atom is 0.500 e. The predicted molar refractivity (Wildman–Crippen MR) is 113 cm³/mol. The molecule has 0 spiro atoms. The molecule has 1 aliphatic rings. The second-order valence-corrected chi connectivity index (χ2v) is 10.6. The van der Waals surface area contributed by atoms with Crippen molar-refractivity contribution in [3.8, 4) is 0 Å². The Bertz CT molecular complexity index is 390. The van der Waals surface area contributed by atoms with Crippen molar-refractivity contribution in [2.45, 2.75) is 85.1 Å². The van der Waals surface area contributed by atoms with Gasteiger partial charge in [0, 0.05) is 37.5 Å². The van der Waals surface area contributed by atoms with Gasteiger partial charge in [0.15, 0.2) is 0 Å². The average molecular weight is 405 g/mol. The van der Waals surface area contributed by atoms with Crippen LogP contribution in [0, 0.1) is 11.3 Å². The molecule has 1 saturated carbocycles. The third-order valence-electron chi connectivity index (χ3n) is 5.67. The minimum absolute atomic E-state index is 0.181. The highest BCUT2D eigenvalue weighted by atomic mass is 32.1. The zero-order chi connectivity index (χ0) is 19.5. The fourth-order valence-corrected chi connectivity index (χ4v) is 7.50. The second kappa shape index (κ2) is 12.6. The molecule has 0 radical (unpaired) electrons. The molecule has 0 aliphatic heterocycles. The van der Waals surface area contributed by atoms with Gasteiger partial charge in [-0.3, -0.25) is 4.79 Å². The molecule has 1 fully saturated rings. The Morgan fingerprint density at radius 3 is 2.19 bits per heavy atom. The van der Waals surface area contributed by atoms with Crippen molar-refractivity contribution >= 4 is 27.2 Å². The van der Waals surface area contributed by atoms with Crippen LogP contribution in [0.3, 0.4) is 0 Å². The molecule has 4 nitrogen and oxygen atoms in total. The summed E-state index contributed by atoms with van der Waals surface area (Å²) in [5, 5.41) is 0. The number of carbonyl (C=O) groups excluding carboxylic acids is 1. The summed E-state index contributed by atoms with van der Waals surface area (Å²) in [5.74, 6) is 0.863. The summed E-state index contributed by atoms with van der Waals surface area (Å²) in [6.45, 7) is 10.1. The highest BCUT2D eigenvalue weighted by Gasteiger charge is 2.45. The molecule has 0 bridgehead atoms. The van der Waals surface area contributed by atoms with Crippen LogP contribution in [0.2, 0.25) is 6.04 Å². The minimum atomic E-state index is -2.62. The van der Waals surface area contributed by atoms with E-state index < -0.39 is 8.80 Å². The summed E-state index contributed by atoms with van der Waals surface area (Å²) in [6, 6.07) is 0.855. The monoisotopic (exact) mass is 404 g/mol. The summed E-state index contributed by atoms with van der Waals surface area (Å²) in [6.07, 6.45) is 9.01. The van der Waals surface area contributed by atoms with Crippen molar-refractivity contribution in [3.63, 3.8) is 0 Å². The Morgan fingerprint density at radius 2 is 1.69 bits per heavy atom. The molecule has 6 heteroatoms. The van der Waals surface area contributed by atoms with E-state index in [9.17, 15) is 4.79 Å². The number of rotatable bonds is 14. The van der Waals surface area contributed by atoms with E-state index in [1.807, 2.05) is 20.8 Å². The van der Waals surface area contributed by atoms with Crippen molar-refractivity contribution < 1.29 is 18.1 Å². The highest BCUT2D eigenvalue weighted by molar-refractivity contribution is 7.81. The van der Waals surface area contributed by atoms with Crippen LogP contribution in [-0.2, 0) is 18.1 Å². The van der Waals surface area contributed by atoms with E-state index in [2.05, 4.69) is 19.6 Å². The van der Waals surface area contributed by atoms with Crippen molar-refractivity contribution in [3.05, 3.63) is 0 Å². The Morgan fingerprint density at radius 1 is 1.08 bits per heavy atom. The molecule has 154 valence electrons. The zero-order valence-corrected chi connectivity index (χ0v) is 19.2. The molecule has 1 aliphatic carbocycles. The maximum absolute atomic E-state index is 12.3. The van der Waals surface area contributed by atoms with Crippen LogP contribution in [0.25, 0.3) is 0 Å². The summed E-state index contributed by atoms with van der Waals surface area (Å²) in [4.78, 5) is 12.3. The third kappa shape index (κ3) is 7.27. The van der Waals surface area contributed by atoms with Gasteiger partial charge in [-0.15, -0.1) is 0 Å².